The van der Waals surface area contributed by atoms with Crippen LogP contribution < -0.4 is 11.1 Å². The molecule has 3 aromatic rings. The molecule has 2 saturated heterocycles. The predicted molar refractivity (Wildman–Crippen MR) is 150 cm³/mol. The molecule has 0 radical (unpaired) electrons. The van der Waals surface area contributed by atoms with E-state index in [2.05, 4.69) is 5.32 Å². The van der Waals surface area contributed by atoms with Gasteiger partial charge in [0.05, 0.1) is 13.7 Å². The number of rotatable bonds is 6. The molecule has 0 bridgehead atoms. The van der Waals surface area contributed by atoms with Crippen LogP contribution in [-0.4, -0.2) is 77.8 Å². The summed E-state index contributed by atoms with van der Waals surface area (Å²) in [4.78, 5) is 55.5. The Labute approximate surface area is 241 Å². The summed E-state index contributed by atoms with van der Waals surface area (Å²) in [5.74, 6) is -2.12. The summed E-state index contributed by atoms with van der Waals surface area (Å²) in [6, 6.07) is 18.3. The number of ether oxygens (including phenoxy) is 1. The minimum atomic E-state index is -1.62. The summed E-state index contributed by atoms with van der Waals surface area (Å²) in [5.41, 5.74) is 5.79. The van der Waals surface area contributed by atoms with Gasteiger partial charge < -0.3 is 25.6 Å². The van der Waals surface area contributed by atoms with E-state index in [-0.39, 0.29) is 24.0 Å². The Balaban J connectivity index is 1.42. The van der Waals surface area contributed by atoms with Crippen LogP contribution in [0.3, 0.4) is 0 Å². The molecule has 2 aliphatic heterocycles. The van der Waals surface area contributed by atoms with Crippen LogP contribution in [0.2, 0.25) is 0 Å². The molecule has 3 aromatic carbocycles. The first-order chi connectivity index (χ1) is 20.1. The summed E-state index contributed by atoms with van der Waals surface area (Å²) in [7, 11) is 1.31. The summed E-state index contributed by atoms with van der Waals surface area (Å²) in [5, 5.41) is 11.7. The molecule has 0 aromatic heterocycles. The fraction of sp³-hybridized carbons (Fsp3) is 0.233. The molecule has 216 valence electrons. The van der Waals surface area contributed by atoms with E-state index in [0.29, 0.717) is 48.4 Å². The number of methoxy groups -OCH3 is 1. The first-order valence-corrected chi connectivity index (χ1v) is 13.2. The molecular weight excluding hydrogens is 543 g/mol. The van der Waals surface area contributed by atoms with Crippen molar-refractivity contribution in [1.29, 1.82) is 5.41 Å². The Morgan fingerprint density at radius 3 is 2.24 bits per heavy atom. The average molecular weight is 573 g/mol. The highest BCUT2D eigenvalue weighted by Crippen LogP contribution is 2.37. The second-order valence-corrected chi connectivity index (χ2v) is 10.0. The highest BCUT2D eigenvalue weighted by Gasteiger charge is 2.52. The highest BCUT2D eigenvalue weighted by atomic mass is 19.1. The molecule has 42 heavy (non-hydrogen) atoms. The van der Waals surface area contributed by atoms with Crippen molar-refractivity contribution in [3.63, 3.8) is 0 Å². The molecule has 12 heteroatoms. The van der Waals surface area contributed by atoms with Crippen molar-refractivity contribution in [3.05, 3.63) is 106 Å². The van der Waals surface area contributed by atoms with Gasteiger partial charge in [-0.05, 0) is 53.1 Å². The molecule has 4 amide bonds. The van der Waals surface area contributed by atoms with Crippen molar-refractivity contribution in [1.82, 2.24) is 20.0 Å². The Morgan fingerprint density at radius 2 is 1.57 bits per heavy atom. The number of benzene rings is 3. The monoisotopic (exact) mass is 572 g/mol. The van der Waals surface area contributed by atoms with Gasteiger partial charge in [0, 0.05) is 37.3 Å². The maximum absolute atomic E-state index is 14.2. The molecule has 0 spiro atoms. The smallest absolute Gasteiger partial charge is 0.409 e. The van der Waals surface area contributed by atoms with Crippen LogP contribution in [0.25, 0.3) is 0 Å². The van der Waals surface area contributed by atoms with E-state index in [1.54, 1.807) is 41.3 Å². The number of amides is 4. The fourth-order valence-corrected chi connectivity index (χ4v) is 5.31. The Bertz CT molecular complexity index is 1570. The molecule has 0 aliphatic carbocycles. The van der Waals surface area contributed by atoms with E-state index in [0.717, 1.165) is 0 Å². The van der Waals surface area contributed by atoms with Crippen molar-refractivity contribution in [2.45, 2.75) is 12.1 Å². The molecule has 1 atom stereocenters. The molecule has 2 heterocycles. The Kier molecular flexibility index (Phi) is 7.62. The number of nitrogens with one attached hydrogen (secondary N) is 2. The van der Waals surface area contributed by atoms with Crippen molar-refractivity contribution < 1.29 is 28.3 Å². The lowest BCUT2D eigenvalue weighted by Crippen LogP contribution is -2.50. The number of hydrogen-bond acceptors (Lipinski definition) is 6. The zero-order valence-corrected chi connectivity index (χ0v) is 22.8. The van der Waals surface area contributed by atoms with Gasteiger partial charge >= 0.3 is 6.09 Å². The molecule has 1 unspecified atom stereocenters. The third-order valence-corrected chi connectivity index (χ3v) is 7.51. The highest BCUT2D eigenvalue weighted by molar-refractivity contribution is 6.10. The first-order valence-electron chi connectivity index (χ1n) is 13.2. The summed E-state index contributed by atoms with van der Waals surface area (Å²) in [6.07, 6.45) is -0.437. The Morgan fingerprint density at radius 1 is 0.929 bits per heavy atom. The van der Waals surface area contributed by atoms with Crippen LogP contribution >= 0.6 is 0 Å². The molecular formula is C30H29FN6O5. The van der Waals surface area contributed by atoms with E-state index in [1.807, 2.05) is 0 Å². The van der Waals surface area contributed by atoms with Crippen molar-refractivity contribution >= 4 is 29.8 Å². The van der Waals surface area contributed by atoms with Gasteiger partial charge in [-0.25, -0.2) is 9.18 Å². The number of primary amides is 1. The van der Waals surface area contributed by atoms with E-state index in [1.165, 1.54) is 53.3 Å². The maximum atomic E-state index is 14.2. The molecule has 11 nitrogen and oxygen atoms in total. The lowest BCUT2D eigenvalue weighted by atomic mass is 9.82. The molecule has 5 rings (SSSR count). The first kappa shape index (κ1) is 28.3. The van der Waals surface area contributed by atoms with Gasteiger partial charge in [0.15, 0.2) is 11.5 Å². The second kappa shape index (κ2) is 11.3. The molecule has 2 aliphatic rings. The topological polar surface area (TPSA) is 149 Å². The number of nitrogens with two attached hydrogens (primary N) is 1. The van der Waals surface area contributed by atoms with Crippen LogP contribution in [-0.2, 0) is 21.6 Å². The van der Waals surface area contributed by atoms with Crippen LogP contribution in [0, 0.1) is 11.2 Å². The summed E-state index contributed by atoms with van der Waals surface area (Å²) >= 11 is 0. The average Bonchev–Trinajstić information content (AvgIpc) is 3.26. The zero-order valence-electron chi connectivity index (χ0n) is 22.8. The van der Waals surface area contributed by atoms with Gasteiger partial charge in [-0.3, -0.25) is 24.7 Å². The quantitative estimate of drug-likeness (QED) is 0.413. The lowest BCUT2D eigenvalue weighted by molar-refractivity contribution is -0.130. The molecule has 4 N–H and O–H groups in total. The van der Waals surface area contributed by atoms with Gasteiger partial charge in [0.25, 0.3) is 11.8 Å². The zero-order chi connectivity index (χ0) is 30.0. The fourth-order valence-electron chi connectivity index (χ4n) is 5.31. The molecule has 0 saturated carbocycles. The third kappa shape index (κ3) is 5.14. The lowest BCUT2D eigenvalue weighted by Gasteiger charge is -2.34. The summed E-state index contributed by atoms with van der Waals surface area (Å²) < 4.78 is 18.6. The number of nitrogens with zero attached hydrogens (tertiary/aromatic N) is 3. The predicted octanol–water partition coefficient (Wildman–Crippen LogP) is 2.26. The van der Waals surface area contributed by atoms with Crippen LogP contribution in [0.15, 0.2) is 72.8 Å². The van der Waals surface area contributed by atoms with Crippen molar-refractivity contribution in [2.75, 3.05) is 33.3 Å². The largest absolute Gasteiger partial charge is 0.453 e. The number of carbonyl (C=O) groups is 4. The van der Waals surface area contributed by atoms with Gasteiger partial charge in [-0.1, -0.05) is 36.4 Å². The van der Waals surface area contributed by atoms with Gasteiger partial charge in [0.1, 0.15) is 5.82 Å². The third-order valence-electron chi connectivity index (χ3n) is 7.51. The van der Waals surface area contributed by atoms with Gasteiger partial charge in [-0.2, -0.15) is 0 Å². The van der Waals surface area contributed by atoms with Gasteiger partial charge in [-0.15, -0.1) is 0 Å². The van der Waals surface area contributed by atoms with Crippen molar-refractivity contribution in [3.8, 4) is 0 Å². The van der Waals surface area contributed by atoms with E-state index in [9.17, 15) is 23.6 Å². The van der Waals surface area contributed by atoms with Crippen molar-refractivity contribution in [2.24, 2.45) is 5.73 Å². The second-order valence-electron chi connectivity index (χ2n) is 10.0. The SMILES string of the molecule is COC(=O)N1CCN(C(=O)c2cccc(CN3C(=N)NC(c4ccc(F)cc4)(c4cccc(C(N)=O)c4)C3=O)c2)CC1. The maximum Gasteiger partial charge on any atom is 0.409 e. The summed E-state index contributed by atoms with van der Waals surface area (Å²) in [6.45, 7) is 1.38. The van der Waals surface area contributed by atoms with Crippen LogP contribution in [0.5, 0.6) is 0 Å². The minimum Gasteiger partial charge on any atom is -0.453 e. The Hall–Kier alpha value is -5.26. The number of carbonyl (C=O) groups excluding carboxylic acids is 4. The number of halogens is 1. The van der Waals surface area contributed by atoms with E-state index < -0.39 is 29.3 Å². The van der Waals surface area contributed by atoms with Crippen LogP contribution in [0.4, 0.5) is 9.18 Å². The van der Waals surface area contributed by atoms with Crippen LogP contribution in [0.1, 0.15) is 37.4 Å². The number of guanidine groups is 1. The minimum absolute atomic E-state index is 0.0274. The van der Waals surface area contributed by atoms with E-state index >= 15 is 0 Å². The standard InChI is InChI=1S/C30H29FN6O5/c1-42-29(41)36-14-12-35(13-15-36)26(39)21-6-2-4-19(16-21)18-37-27(40)30(34-28(37)33,22-8-10-24(31)11-9-22)23-7-3-5-20(17-23)25(32)38/h2-11,16-17H,12-15,18H2,1H3,(H2,32,38)(H2,33,34). The normalized spacial score (nSPS) is 18.6. The van der Waals surface area contributed by atoms with Gasteiger partial charge in [0.2, 0.25) is 5.91 Å². The number of piperazine rings is 1. The molecule has 2 fully saturated rings. The number of hydrogen-bond donors (Lipinski definition) is 3. The van der Waals surface area contributed by atoms with E-state index in [4.69, 9.17) is 15.9 Å².